The van der Waals surface area contributed by atoms with Gasteiger partial charge in [-0.15, -0.1) is 0 Å². The highest BCUT2D eigenvalue weighted by molar-refractivity contribution is 7.80. The minimum atomic E-state index is -1.13. The second-order valence-electron chi connectivity index (χ2n) is 5.32. The van der Waals surface area contributed by atoms with Gasteiger partial charge < -0.3 is 10.7 Å². The molecule has 132 valence electrons. The first-order valence-electron chi connectivity index (χ1n) is 7.50. The number of barbiturate groups is 1. The summed E-state index contributed by atoms with van der Waals surface area (Å²) in [6, 6.07) is 8.63. The molecule has 1 heterocycles. The summed E-state index contributed by atoms with van der Waals surface area (Å²) >= 11 is 5.17. The lowest BCUT2D eigenvalue weighted by molar-refractivity contribution is -0.145. The Hall–Kier alpha value is -2.94. The topological polar surface area (TPSA) is 93.8 Å². The number of hydrogen-bond acceptors (Lipinski definition) is 5. The van der Waals surface area contributed by atoms with Crippen molar-refractivity contribution in [2.45, 2.75) is 6.92 Å². The van der Waals surface area contributed by atoms with Crippen LogP contribution in [-0.2, 0) is 9.59 Å². The highest BCUT2D eigenvalue weighted by Crippen LogP contribution is 2.20. The minimum Gasteiger partial charge on any atom is -0.331 e. The first-order chi connectivity index (χ1) is 11.9. The van der Waals surface area contributed by atoms with Crippen LogP contribution in [0.3, 0.4) is 0 Å². The Morgan fingerprint density at radius 1 is 1.04 bits per heavy atom. The first kappa shape index (κ1) is 18.4. The number of hydrogen-bond donors (Lipinski definition) is 3. The summed E-state index contributed by atoms with van der Waals surface area (Å²) in [5.74, 6) is -2.33. The van der Waals surface area contributed by atoms with Crippen LogP contribution < -0.4 is 16.2 Å². The second-order valence-corrected chi connectivity index (χ2v) is 5.73. The Morgan fingerprint density at radius 2 is 1.60 bits per heavy atom. The summed E-state index contributed by atoms with van der Waals surface area (Å²) < 4.78 is 0. The second kappa shape index (κ2) is 7.75. The zero-order valence-electron chi connectivity index (χ0n) is 14.1. The van der Waals surface area contributed by atoms with Crippen LogP contribution in [0.4, 0.5) is 10.5 Å². The number of benzene rings is 1. The zero-order valence-corrected chi connectivity index (χ0v) is 14.9. The van der Waals surface area contributed by atoms with E-state index in [-0.39, 0.29) is 5.11 Å². The summed E-state index contributed by atoms with van der Waals surface area (Å²) in [5, 5.41) is 3.22. The third kappa shape index (κ3) is 3.94. The van der Waals surface area contributed by atoms with Gasteiger partial charge >= 0.3 is 6.03 Å². The molecule has 3 N–H and O–H groups in total. The molecule has 2 rings (SSSR count). The lowest BCUT2D eigenvalue weighted by Crippen LogP contribution is -2.59. The fraction of sp³-hybridized carbons (Fsp3) is 0.250. The van der Waals surface area contributed by atoms with Crippen LogP contribution in [-0.4, -0.2) is 46.9 Å². The van der Waals surface area contributed by atoms with E-state index in [1.807, 2.05) is 30.3 Å². The molecule has 0 unspecified atom stereocenters. The van der Waals surface area contributed by atoms with Crippen molar-refractivity contribution in [3.8, 4) is 0 Å². The molecule has 8 nitrogen and oxygen atoms in total. The molecule has 0 atom stereocenters. The van der Waals surface area contributed by atoms with E-state index in [9.17, 15) is 14.4 Å². The maximum atomic E-state index is 12.3. The molecular formula is C16H19N5O3S. The van der Waals surface area contributed by atoms with Crippen molar-refractivity contribution >= 4 is 40.9 Å². The molecule has 1 aromatic carbocycles. The van der Waals surface area contributed by atoms with Crippen LogP contribution in [0.2, 0.25) is 0 Å². The van der Waals surface area contributed by atoms with Gasteiger partial charge in [0.25, 0.3) is 0 Å². The van der Waals surface area contributed by atoms with Crippen LogP contribution in [0, 0.1) is 5.92 Å². The van der Waals surface area contributed by atoms with E-state index < -0.39 is 23.8 Å². The maximum absolute atomic E-state index is 12.3. The zero-order chi connectivity index (χ0) is 18.6. The summed E-state index contributed by atoms with van der Waals surface area (Å²) in [6.07, 6.45) is 1.58. The lowest BCUT2D eigenvalue weighted by atomic mass is 10.00. The van der Waals surface area contributed by atoms with Crippen LogP contribution in [0.1, 0.15) is 6.92 Å². The highest BCUT2D eigenvalue weighted by Gasteiger charge is 2.44. The van der Waals surface area contributed by atoms with E-state index in [4.69, 9.17) is 12.2 Å². The number of hydrazine groups is 1. The van der Waals surface area contributed by atoms with Crippen LogP contribution in [0.15, 0.2) is 42.1 Å². The molecule has 9 heteroatoms. The SMILES string of the molecule is C/C=C(/NNC(=S)Nc1ccccc1)C1C(=O)N(C)C(=O)N(C)C1=O. The molecule has 1 aliphatic rings. The largest absolute Gasteiger partial charge is 0.332 e. The Labute approximate surface area is 150 Å². The number of thiocarbonyl (C=S) groups is 1. The molecule has 0 spiro atoms. The van der Waals surface area contributed by atoms with Gasteiger partial charge in [0.15, 0.2) is 11.0 Å². The van der Waals surface area contributed by atoms with Gasteiger partial charge in [0.05, 0.1) is 0 Å². The average molecular weight is 361 g/mol. The molecule has 0 saturated carbocycles. The quantitative estimate of drug-likeness (QED) is 0.419. The van der Waals surface area contributed by atoms with E-state index in [1.54, 1.807) is 13.0 Å². The smallest absolute Gasteiger partial charge is 0.331 e. The number of anilines is 1. The molecular weight excluding hydrogens is 342 g/mol. The maximum Gasteiger partial charge on any atom is 0.332 e. The molecule has 1 aliphatic heterocycles. The van der Waals surface area contributed by atoms with Crippen molar-refractivity contribution in [2.24, 2.45) is 5.92 Å². The molecule has 1 fully saturated rings. The van der Waals surface area contributed by atoms with Gasteiger partial charge in [0.2, 0.25) is 11.8 Å². The number of nitrogens with zero attached hydrogens (tertiary/aromatic N) is 2. The fourth-order valence-electron chi connectivity index (χ4n) is 2.30. The minimum absolute atomic E-state index is 0.263. The Morgan fingerprint density at radius 3 is 2.12 bits per heavy atom. The number of allylic oxidation sites excluding steroid dienone is 1. The third-order valence-corrected chi connectivity index (χ3v) is 3.91. The lowest BCUT2D eigenvalue weighted by Gasteiger charge is -2.34. The number of urea groups is 1. The van der Waals surface area contributed by atoms with Crippen molar-refractivity contribution in [2.75, 3.05) is 19.4 Å². The summed E-state index contributed by atoms with van der Waals surface area (Å²) in [7, 11) is 2.67. The standard InChI is InChI=1S/C16H19N5O3S/c1-4-11(12-13(22)20(2)16(24)21(3)14(12)23)18-19-15(25)17-10-8-6-5-7-9-10/h4-9,12,18H,1-3H3,(H2,17,19,25)/b11-4+. The Balaban J connectivity index is 2.04. The van der Waals surface area contributed by atoms with Crippen LogP contribution in [0.5, 0.6) is 0 Å². The van der Waals surface area contributed by atoms with Crippen LogP contribution >= 0.6 is 12.2 Å². The third-order valence-electron chi connectivity index (χ3n) is 3.70. The van der Waals surface area contributed by atoms with Gasteiger partial charge in [-0.25, -0.2) is 4.79 Å². The van der Waals surface area contributed by atoms with Crippen molar-refractivity contribution in [1.82, 2.24) is 20.7 Å². The van der Waals surface area contributed by atoms with Gasteiger partial charge in [0, 0.05) is 25.5 Å². The number of nitrogens with one attached hydrogen (secondary N) is 3. The number of amides is 4. The van der Waals surface area contributed by atoms with Crippen molar-refractivity contribution < 1.29 is 14.4 Å². The number of imide groups is 2. The van der Waals surface area contributed by atoms with E-state index in [1.165, 1.54) is 14.1 Å². The molecule has 1 saturated heterocycles. The molecule has 0 radical (unpaired) electrons. The van der Waals surface area contributed by atoms with Crippen LogP contribution in [0.25, 0.3) is 0 Å². The van der Waals surface area contributed by atoms with Crippen molar-refractivity contribution in [3.63, 3.8) is 0 Å². The molecule has 1 aromatic rings. The van der Waals surface area contributed by atoms with E-state index >= 15 is 0 Å². The Kier molecular flexibility index (Phi) is 5.71. The van der Waals surface area contributed by atoms with Gasteiger partial charge in [-0.3, -0.25) is 24.8 Å². The summed E-state index contributed by atoms with van der Waals surface area (Å²) in [5.41, 5.74) is 6.61. The van der Waals surface area contributed by atoms with Crippen molar-refractivity contribution in [1.29, 1.82) is 0 Å². The molecule has 25 heavy (non-hydrogen) atoms. The normalized spacial score (nSPS) is 16.1. The van der Waals surface area contributed by atoms with E-state index in [2.05, 4.69) is 16.2 Å². The monoisotopic (exact) mass is 361 g/mol. The predicted molar refractivity (Wildman–Crippen MR) is 97.1 cm³/mol. The molecule has 4 amide bonds. The summed E-state index contributed by atoms with van der Waals surface area (Å²) in [4.78, 5) is 38.3. The number of para-hydroxylation sites is 1. The van der Waals surface area contributed by atoms with E-state index in [0.717, 1.165) is 15.5 Å². The van der Waals surface area contributed by atoms with Gasteiger partial charge in [-0.1, -0.05) is 24.3 Å². The van der Waals surface area contributed by atoms with E-state index in [0.29, 0.717) is 5.70 Å². The fourth-order valence-corrected chi connectivity index (χ4v) is 2.47. The number of carbonyl (C=O) groups is 3. The summed E-state index contributed by atoms with van der Waals surface area (Å²) in [6.45, 7) is 1.68. The van der Waals surface area contributed by atoms with Gasteiger partial charge in [-0.05, 0) is 31.3 Å². The first-order valence-corrected chi connectivity index (χ1v) is 7.91. The number of carbonyl (C=O) groups excluding carboxylic acids is 3. The van der Waals surface area contributed by atoms with Crippen molar-refractivity contribution in [3.05, 3.63) is 42.1 Å². The van der Waals surface area contributed by atoms with Gasteiger partial charge in [0.1, 0.15) is 0 Å². The van der Waals surface area contributed by atoms with Gasteiger partial charge in [-0.2, -0.15) is 0 Å². The average Bonchev–Trinajstić information content (AvgIpc) is 2.62. The molecule has 0 bridgehead atoms. The number of rotatable bonds is 4. The Bertz CT molecular complexity index is 711. The molecule has 0 aromatic heterocycles. The molecule has 0 aliphatic carbocycles. The predicted octanol–water partition coefficient (Wildman–Crippen LogP) is 1.05. The highest BCUT2D eigenvalue weighted by atomic mass is 32.1.